The molecule has 30 heavy (non-hydrogen) atoms. The van der Waals surface area contributed by atoms with Crippen molar-refractivity contribution >= 4 is 46.1 Å². The molecule has 0 fully saturated rings. The van der Waals surface area contributed by atoms with Gasteiger partial charge in [-0.3, -0.25) is 14.4 Å². The van der Waals surface area contributed by atoms with Crippen LogP contribution in [0, 0.1) is 5.92 Å². The number of rotatable bonds is 6. The number of ether oxygens (including phenoxy) is 2. The molecule has 9 nitrogen and oxygen atoms in total. The Kier molecular flexibility index (Phi) is 5.84. The fourth-order valence-corrected chi connectivity index (χ4v) is 3.64. The molecule has 4 rings (SSSR count). The predicted molar refractivity (Wildman–Crippen MR) is 111 cm³/mol. The second kappa shape index (κ2) is 8.87. The summed E-state index contributed by atoms with van der Waals surface area (Å²) >= 11 is 1.24. The van der Waals surface area contributed by atoms with Gasteiger partial charge in [0.1, 0.15) is 19.1 Å². The van der Waals surface area contributed by atoms with Crippen LogP contribution >= 0.6 is 11.3 Å². The summed E-state index contributed by atoms with van der Waals surface area (Å²) in [5.41, 5.74) is 1.31. The highest BCUT2D eigenvalue weighted by Crippen LogP contribution is 2.32. The molecular formula is C20H18N4O5S. The topological polar surface area (TPSA) is 119 Å². The average Bonchev–Trinajstić information content (AvgIpc) is 3.20. The van der Waals surface area contributed by atoms with Crippen molar-refractivity contribution in [2.45, 2.75) is 12.8 Å². The molecule has 0 radical (unpaired) electrons. The Balaban J connectivity index is 1.27. The Morgan fingerprint density at radius 3 is 2.83 bits per heavy atom. The van der Waals surface area contributed by atoms with E-state index in [1.807, 2.05) is 0 Å². The molecule has 0 saturated heterocycles. The van der Waals surface area contributed by atoms with Crippen molar-refractivity contribution < 1.29 is 23.9 Å². The smallest absolute Gasteiger partial charge is 0.262 e. The number of nitrogens with one attached hydrogen (secondary N) is 2. The van der Waals surface area contributed by atoms with Gasteiger partial charge in [-0.05, 0) is 24.6 Å². The Hall–Kier alpha value is -3.53. The maximum atomic E-state index is 12.2. The summed E-state index contributed by atoms with van der Waals surface area (Å²) in [6.45, 7) is 0.988. The first-order valence-corrected chi connectivity index (χ1v) is 10.2. The van der Waals surface area contributed by atoms with Crippen LogP contribution in [0.25, 0.3) is 0 Å². The summed E-state index contributed by atoms with van der Waals surface area (Å²) in [7, 11) is 0. The normalized spacial score (nSPS) is 16.9. The molecule has 1 aromatic heterocycles. The van der Waals surface area contributed by atoms with Crippen molar-refractivity contribution in [3.8, 4) is 11.5 Å². The Morgan fingerprint density at radius 1 is 1.17 bits per heavy atom. The zero-order valence-corrected chi connectivity index (χ0v) is 16.6. The van der Waals surface area contributed by atoms with Crippen molar-refractivity contribution in [3.05, 3.63) is 41.4 Å². The lowest BCUT2D eigenvalue weighted by Gasteiger charge is -2.19. The summed E-state index contributed by atoms with van der Waals surface area (Å²) in [5, 5.41) is 7.58. The molecular weight excluding hydrogens is 408 g/mol. The number of anilines is 2. The van der Waals surface area contributed by atoms with Crippen LogP contribution in [0.4, 0.5) is 10.8 Å². The van der Waals surface area contributed by atoms with Crippen molar-refractivity contribution in [2.75, 3.05) is 23.8 Å². The molecule has 0 spiro atoms. The van der Waals surface area contributed by atoms with Crippen molar-refractivity contribution in [3.63, 3.8) is 0 Å². The lowest BCUT2D eigenvalue weighted by molar-refractivity contribution is -0.128. The van der Waals surface area contributed by atoms with E-state index in [9.17, 15) is 14.4 Å². The predicted octanol–water partition coefficient (Wildman–Crippen LogP) is 2.21. The quantitative estimate of drug-likeness (QED) is 0.684. The molecule has 154 valence electrons. The van der Waals surface area contributed by atoms with Crippen LogP contribution < -0.4 is 20.1 Å². The first-order valence-electron chi connectivity index (χ1n) is 9.28. The molecule has 1 unspecified atom stereocenters. The van der Waals surface area contributed by atoms with Gasteiger partial charge in [-0.15, -0.1) is 11.3 Å². The van der Waals surface area contributed by atoms with Crippen molar-refractivity contribution in [2.24, 2.45) is 10.9 Å². The summed E-state index contributed by atoms with van der Waals surface area (Å²) in [6, 6.07) is 5.25. The van der Waals surface area contributed by atoms with E-state index in [2.05, 4.69) is 20.6 Å². The van der Waals surface area contributed by atoms with Crippen molar-refractivity contribution in [1.82, 2.24) is 4.98 Å². The number of allylic oxidation sites excluding steroid dienone is 1. The van der Waals surface area contributed by atoms with E-state index in [4.69, 9.17) is 9.47 Å². The van der Waals surface area contributed by atoms with Gasteiger partial charge in [0.25, 0.3) is 5.91 Å². The lowest BCUT2D eigenvalue weighted by atomic mass is 10.1. The van der Waals surface area contributed by atoms with Gasteiger partial charge in [-0.2, -0.15) is 0 Å². The fourth-order valence-electron chi connectivity index (χ4n) is 2.89. The zero-order chi connectivity index (χ0) is 20.9. The van der Waals surface area contributed by atoms with Gasteiger partial charge in [-0.25, -0.2) is 9.98 Å². The SMILES string of the molecule is O=C(CCc1csc(NC(=O)C2C=CC=NC2=O)n1)Nc1ccc2c(c1)OCCO2. The third kappa shape index (κ3) is 4.71. The summed E-state index contributed by atoms with van der Waals surface area (Å²) < 4.78 is 11.0. The molecule has 10 heteroatoms. The maximum Gasteiger partial charge on any atom is 0.262 e. The Morgan fingerprint density at radius 2 is 2.00 bits per heavy atom. The Bertz CT molecular complexity index is 1050. The van der Waals surface area contributed by atoms with Gasteiger partial charge in [-0.1, -0.05) is 6.08 Å². The van der Waals surface area contributed by atoms with Crippen LogP contribution in [0.2, 0.25) is 0 Å². The molecule has 0 bridgehead atoms. The molecule has 3 amide bonds. The molecule has 2 N–H and O–H groups in total. The zero-order valence-electron chi connectivity index (χ0n) is 15.8. The number of carbonyl (C=O) groups excluding carboxylic acids is 3. The average molecular weight is 426 g/mol. The summed E-state index contributed by atoms with van der Waals surface area (Å²) in [5.74, 6) is -0.836. The number of dihydropyridines is 1. The van der Waals surface area contributed by atoms with Gasteiger partial charge in [0.2, 0.25) is 11.8 Å². The summed E-state index contributed by atoms with van der Waals surface area (Å²) in [6.07, 6.45) is 5.03. The van der Waals surface area contributed by atoms with E-state index < -0.39 is 17.7 Å². The first kappa shape index (κ1) is 19.8. The third-order valence-corrected chi connectivity index (χ3v) is 5.16. The lowest BCUT2D eigenvalue weighted by Crippen LogP contribution is -2.28. The number of carbonyl (C=O) groups is 3. The van der Waals surface area contributed by atoms with E-state index in [1.165, 1.54) is 23.6 Å². The van der Waals surface area contributed by atoms with Crippen molar-refractivity contribution in [1.29, 1.82) is 0 Å². The van der Waals surface area contributed by atoms with E-state index in [0.717, 1.165) is 0 Å². The van der Waals surface area contributed by atoms with Gasteiger partial charge in [0, 0.05) is 29.8 Å². The molecule has 1 atom stereocenters. The van der Waals surface area contributed by atoms with Crippen LogP contribution in [0.15, 0.2) is 40.7 Å². The number of nitrogens with zero attached hydrogens (tertiary/aromatic N) is 2. The number of thiazole rings is 1. The van der Waals surface area contributed by atoms with Gasteiger partial charge in [0.05, 0.1) is 5.69 Å². The van der Waals surface area contributed by atoms with E-state index in [0.29, 0.717) is 47.6 Å². The van der Waals surface area contributed by atoms with Crippen LogP contribution in [0.3, 0.4) is 0 Å². The molecule has 3 heterocycles. The molecule has 2 aliphatic heterocycles. The molecule has 0 saturated carbocycles. The minimum absolute atomic E-state index is 0.166. The third-order valence-electron chi connectivity index (χ3n) is 4.36. The van der Waals surface area contributed by atoms with E-state index >= 15 is 0 Å². The van der Waals surface area contributed by atoms with Crippen LogP contribution in [0.5, 0.6) is 11.5 Å². The number of hydrogen-bond donors (Lipinski definition) is 2. The number of benzene rings is 1. The highest BCUT2D eigenvalue weighted by Gasteiger charge is 2.25. The molecule has 0 aliphatic carbocycles. The van der Waals surface area contributed by atoms with Crippen LogP contribution in [-0.2, 0) is 20.8 Å². The summed E-state index contributed by atoms with van der Waals surface area (Å²) in [4.78, 5) is 44.0. The monoisotopic (exact) mass is 426 g/mol. The van der Waals surface area contributed by atoms with Crippen LogP contribution in [-0.4, -0.2) is 42.1 Å². The number of aromatic nitrogens is 1. The number of hydrogen-bond acceptors (Lipinski definition) is 7. The van der Waals surface area contributed by atoms with Gasteiger partial charge in [0.15, 0.2) is 16.6 Å². The second-order valence-corrected chi connectivity index (χ2v) is 7.38. The van der Waals surface area contributed by atoms with Crippen LogP contribution in [0.1, 0.15) is 12.1 Å². The minimum atomic E-state index is -0.945. The fraction of sp³-hybridized carbons (Fsp3) is 0.250. The Labute approximate surface area is 175 Å². The maximum absolute atomic E-state index is 12.2. The highest BCUT2D eigenvalue weighted by molar-refractivity contribution is 7.13. The highest BCUT2D eigenvalue weighted by atomic mass is 32.1. The molecule has 2 aliphatic rings. The second-order valence-electron chi connectivity index (χ2n) is 6.52. The number of fused-ring (bicyclic) bond motifs is 1. The first-order chi connectivity index (χ1) is 14.6. The van der Waals surface area contributed by atoms with E-state index in [-0.39, 0.29) is 12.3 Å². The standard InChI is InChI=1S/C20H18N4O5S/c25-17(22-12-3-5-15-16(10-12)29-9-8-28-15)6-4-13-11-30-20(23-13)24-19(27)14-2-1-7-21-18(14)26/h1-3,5,7,10-11,14H,4,6,8-9H2,(H,22,25)(H,23,24,27). The molecule has 2 aromatic rings. The van der Waals surface area contributed by atoms with E-state index in [1.54, 1.807) is 29.7 Å². The minimum Gasteiger partial charge on any atom is -0.486 e. The largest absolute Gasteiger partial charge is 0.486 e. The van der Waals surface area contributed by atoms with Gasteiger partial charge >= 0.3 is 0 Å². The van der Waals surface area contributed by atoms with Gasteiger partial charge < -0.3 is 20.1 Å². The number of aliphatic imine (C=N–C) groups is 1. The number of amides is 3. The number of aryl methyl sites for hydroxylation is 1. The molecule has 1 aromatic carbocycles.